The van der Waals surface area contributed by atoms with Gasteiger partial charge in [-0.25, -0.2) is 13.1 Å². The molecule has 0 fully saturated rings. The van der Waals surface area contributed by atoms with Gasteiger partial charge in [0.15, 0.2) is 0 Å². The van der Waals surface area contributed by atoms with Crippen molar-refractivity contribution < 1.29 is 8.42 Å². The Morgan fingerprint density at radius 3 is 2.32 bits per heavy atom. The first-order valence-electron chi connectivity index (χ1n) is 6.34. The van der Waals surface area contributed by atoms with Gasteiger partial charge in [0.2, 0.25) is 10.0 Å². The highest BCUT2D eigenvalue weighted by Crippen LogP contribution is 2.17. The Balaban J connectivity index is 2.69. The maximum atomic E-state index is 12.1. The van der Waals surface area contributed by atoms with E-state index in [0.29, 0.717) is 6.54 Å². The highest BCUT2D eigenvalue weighted by atomic mass is 79.9. The van der Waals surface area contributed by atoms with Gasteiger partial charge in [0, 0.05) is 17.1 Å². The van der Waals surface area contributed by atoms with Crippen LogP contribution in [0.5, 0.6) is 0 Å². The van der Waals surface area contributed by atoms with E-state index in [0.717, 1.165) is 16.6 Å². The summed E-state index contributed by atoms with van der Waals surface area (Å²) in [7, 11) is -3.31. The smallest absolute Gasteiger partial charge is 0.216 e. The topological polar surface area (TPSA) is 58.2 Å². The largest absolute Gasteiger partial charge is 0.316 e. The van der Waals surface area contributed by atoms with Crippen LogP contribution in [0.25, 0.3) is 0 Å². The summed E-state index contributed by atoms with van der Waals surface area (Å²) in [6.07, 6.45) is 0. The van der Waals surface area contributed by atoms with Gasteiger partial charge < -0.3 is 5.32 Å². The third-order valence-electron chi connectivity index (χ3n) is 2.92. The molecule has 2 atom stereocenters. The molecule has 4 nitrogen and oxygen atoms in total. The quantitative estimate of drug-likeness (QED) is 0.795. The molecule has 1 aromatic carbocycles. The van der Waals surface area contributed by atoms with E-state index < -0.39 is 15.3 Å². The molecule has 0 heterocycles. The van der Waals surface area contributed by atoms with Gasteiger partial charge in [-0.05, 0) is 38.1 Å². The molecule has 108 valence electrons. The molecule has 0 amide bonds. The summed E-state index contributed by atoms with van der Waals surface area (Å²) in [5.74, 6) is 0. The molecular formula is C13H21BrN2O2S. The molecule has 19 heavy (non-hydrogen) atoms. The first-order chi connectivity index (χ1) is 8.86. The van der Waals surface area contributed by atoms with Crippen LogP contribution in [0.3, 0.4) is 0 Å². The average molecular weight is 349 g/mol. The van der Waals surface area contributed by atoms with Gasteiger partial charge in [0.1, 0.15) is 0 Å². The van der Waals surface area contributed by atoms with E-state index in [9.17, 15) is 8.42 Å². The van der Waals surface area contributed by atoms with Gasteiger partial charge in [-0.3, -0.25) is 0 Å². The fourth-order valence-electron chi connectivity index (χ4n) is 1.64. The van der Waals surface area contributed by atoms with Crippen LogP contribution in [0, 0.1) is 0 Å². The Bertz CT molecular complexity index is 488. The number of sulfonamides is 1. The third-order valence-corrected chi connectivity index (χ3v) is 5.36. The Labute approximate surface area is 124 Å². The first kappa shape index (κ1) is 16.6. The van der Waals surface area contributed by atoms with E-state index in [-0.39, 0.29) is 6.04 Å². The van der Waals surface area contributed by atoms with Crippen molar-refractivity contribution in [3.8, 4) is 0 Å². The van der Waals surface area contributed by atoms with Crippen LogP contribution in [0.2, 0.25) is 0 Å². The maximum absolute atomic E-state index is 12.1. The summed E-state index contributed by atoms with van der Waals surface area (Å²) in [5, 5.41) is 2.60. The van der Waals surface area contributed by atoms with Gasteiger partial charge in [0.25, 0.3) is 0 Å². The van der Waals surface area contributed by atoms with E-state index in [4.69, 9.17) is 0 Å². The fourth-order valence-corrected chi connectivity index (χ4v) is 3.10. The Hall–Kier alpha value is -0.430. The monoisotopic (exact) mass is 348 g/mol. The molecule has 2 N–H and O–H groups in total. The number of benzene rings is 1. The predicted molar refractivity (Wildman–Crippen MR) is 82.6 cm³/mol. The van der Waals surface area contributed by atoms with Crippen molar-refractivity contribution in [3.63, 3.8) is 0 Å². The number of halogens is 1. The van der Waals surface area contributed by atoms with Crippen molar-refractivity contribution in [1.82, 2.24) is 10.0 Å². The molecular weight excluding hydrogens is 328 g/mol. The SMILES string of the molecule is CCNCC(C)S(=O)(=O)NC(C)c1ccc(Br)cc1. The molecule has 0 saturated carbocycles. The molecule has 0 aliphatic carbocycles. The molecule has 0 aliphatic heterocycles. The summed E-state index contributed by atoms with van der Waals surface area (Å²) in [4.78, 5) is 0. The van der Waals surface area contributed by atoms with Gasteiger partial charge in [-0.15, -0.1) is 0 Å². The van der Waals surface area contributed by atoms with E-state index in [2.05, 4.69) is 26.0 Å². The van der Waals surface area contributed by atoms with Crippen LogP contribution in [-0.2, 0) is 10.0 Å². The minimum Gasteiger partial charge on any atom is -0.316 e. The minimum absolute atomic E-state index is 0.234. The highest BCUT2D eigenvalue weighted by Gasteiger charge is 2.22. The molecule has 0 saturated heterocycles. The zero-order valence-electron chi connectivity index (χ0n) is 11.5. The van der Waals surface area contributed by atoms with E-state index in [1.54, 1.807) is 6.92 Å². The normalized spacial score (nSPS) is 15.2. The highest BCUT2D eigenvalue weighted by molar-refractivity contribution is 9.10. The number of rotatable bonds is 7. The molecule has 0 aliphatic rings. The van der Waals surface area contributed by atoms with E-state index >= 15 is 0 Å². The summed E-state index contributed by atoms with van der Waals surface area (Å²) in [6, 6.07) is 7.39. The first-order valence-corrected chi connectivity index (χ1v) is 8.68. The van der Waals surface area contributed by atoms with Gasteiger partial charge in [-0.2, -0.15) is 0 Å². The van der Waals surface area contributed by atoms with E-state index in [1.807, 2.05) is 38.1 Å². The standard InChI is InChI=1S/C13H21BrN2O2S/c1-4-15-9-10(2)19(17,18)16-11(3)12-5-7-13(14)8-6-12/h5-8,10-11,15-16H,4,9H2,1-3H3. The maximum Gasteiger partial charge on any atom is 0.216 e. The Morgan fingerprint density at radius 2 is 1.79 bits per heavy atom. The number of hydrogen-bond donors (Lipinski definition) is 2. The average Bonchev–Trinajstić information content (AvgIpc) is 2.36. The summed E-state index contributed by atoms with van der Waals surface area (Å²) >= 11 is 3.36. The second kappa shape index (κ2) is 7.38. The van der Waals surface area contributed by atoms with Gasteiger partial charge in [0.05, 0.1) is 5.25 Å². The third kappa shape index (κ3) is 5.22. The zero-order valence-corrected chi connectivity index (χ0v) is 13.9. The lowest BCUT2D eigenvalue weighted by Crippen LogP contribution is -2.39. The van der Waals surface area contributed by atoms with Crippen molar-refractivity contribution in [1.29, 1.82) is 0 Å². The molecule has 2 unspecified atom stereocenters. The Morgan fingerprint density at radius 1 is 1.21 bits per heavy atom. The molecule has 6 heteroatoms. The van der Waals surface area contributed by atoms with Crippen LogP contribution in [-0.4, -0.2) is 26.8 Å². The van der Waals surface area contributed by atoms with Crippen LogP contribution in [0.1, 0.15) is 32.4 Å². The zero-order chi connectivity index (χ0) is 14.5. The second-order valence-corrected chi connectivity index (χ2v) is 7.60. The molecule has 0 radical (unpaired) electrons. The van der Waals surface area contributed by atoms with Crippen LogP contribution in [0.15, 0.2) is 28.7 Å². The fraction of sp³-hybridized carbons (Fsp3) is 0.538. The minimum atomic E-state index is -3.31. The number of nitrogens with one attached hydrogen (secondary N) is 2. The van der Waals surface area contributed by atoms with Crippen molar-refractivity contribution in [2.45, 2.75) is 32.1 Å². The molecule has 0 bridgehead atoms. The lowest BCUT2D eigenvalue weighted by atomic mass is 10.1. The Kier molecular flexibility index (Phi) is 6.46. The van der Waals surface area contributed by atoms with Gasteiger partial charge in [-0.1, -0.05) is 35.0 Å². The molecule has 1 rings (SSSR count). The summed E-state index contributed by atoms with van der Waals surface area (Å²) < 4.78 is 27.9. The van der Waals surface area contributed by atoms with Crippen molar-refractivity contribution >= 4 is 26.0 Å². The molecule has 0 spiro atoms. The second-order valence-electron chi connectivity index (χ2n) is 4.55. The summed E-state index contributed by atoms with van der Waals surface area (Å²) in [6.45, 7) is 6.73. The lowest BCUT2D eigenvalue weighted by molar-refractivity contribution is 0.547. The van der Waals surface area contributed by atoms with Crippen molar-refractivity contribution in [2.75, 3.05) is 13.1 Å². The van der Waals surface area contributed by atoms with Crippen LogP contribution < -0.4 is 10.0 Å². The van der Waals surface area contributed by atoms with Crippen molar-refractivity contribution in [3.05, 3.63) is 34.3 Å². The van der Waals surface area contributed by atoms with Crippen LogP contribution >= 0.6 is 15.9 Å². The lowest BCUT2D eigenvalue weighted by Gasteiger charge is -2.19. The summed E-state index contributed by atoms with van der Waals surface area (Å²) in [5.41, 5.74) is 0.947. The predicted octanol–water partition coefficient (Wildman–Crippen LogP) is 2.43. The van der Waals surface area contributed by atoms with Crippen molar-refractivity contribution in [2.24, 2.45) is 0 Å². The molecule has 0 aromatic heterocycles. The molecule has 1 aromatic rings. The van der Waals surface area contributed by atoms with Gasteiger partial charge >= 0.3 is 0 Å². The number of hydrogen-bond acceptors (Lipinski definition) is 3. The van der Waals surface area contributed by atoms with E-state index in [1.165, 1.54) is 0 Å². The van der Waals surface area contributed by atoms with Crippen LogP contribution in [0.4, 0.5) is 0 Å².